The second-order valence-corrected chi connectivity index (χ2v) is 8.07. The van der Waals surface area contributed by atoms with Crippen molar-refractivity contribution < 1.29 is 4.79 Å². The fourth-order valence-corrected chi connectivity index (χ4v) is 4.97. The van der Waals surface area contributed by atoms with E-state index in [1.807, 2.05) is 16.9 Å². The Hall–Kier alpha value is -1.36. The molecule has 4 rings (SSSR count). The lowest BCUT2D eigenvalue weighted by Crippen LogP contribution is -2.47. The van der Waals surface area contributed by atoms with Gasteiger partial charge in [-0.25, -0.2) is 0 Å². The first kappa shape index (κ1) is 16.1. The Bertz CT molecular complexity index is 564. The van der Waals surface area contributed by atoms with Crippen molar-refractivity contribution in [1.29, 1.82) is 0 Å². The molecule has 5 heteroatoms. The van der Waals surface area contributed by atoms with Crippen molar-refractivity contribution in [2.24, 2.45) is 5.41 Å². The van der Waals surface area contributed by atoms with Crippen molar-refractivity contribution in [1.82, 2.24) is 20.0 Å². The minimum absolute atomic E-state index is 0.141. The van der Waals surface area contributed by atoms with Crippen molar-refractivity contribution in [2.45, 2.75) is 63.8 Å². The van der Waals surface area contributed by atoms with Crippen LogP contribution < -0.4 is 5.32 Å². The molecule has 1 N–H and O–H groups in total. The van der Waals surface area contributed by atoms with Gasteiger partial charge in [0.2, 0.25) is 0 Å². The molecule has 1 aliphatic carbocycles. The molecule has 0 bridgehead atoms. The second-order valence-electron chi connectivity index (χ2n) is 8.07. The van der Waals surface area contributed by atoms with Gasteiger partial charge in [-0.05, 0) is 56.6 Å². The van der Waals surface area contributed by atoms with Gasteiger partial charge >= 0.3 is 0 Å². The van der Waals surface area contributed by atoms with E-state index in [9.17, 15) is 4.79 Å². The Morgan fingerprint density at radius 3 is 2.79 bits per heavy atom. The first-order valence-electron chi connectivity index (χ1n) is 9.81. The standard InChI is InChI=1S/C19H30N4O/c24-18(17-7-13-23(21-17)16-6-4-11-20-14-16)22-12-5-10-19(15-22)8-2-1-3-9-19/h7,13,16,20H,1-6,8-12,14-15H2. The molecule has 1 aromatic rings. The van der Waals surface area contributed by atoms with Gasteiger partial charge in [0, 0.05) is 25.8 Å². The Labute approximate surface area is 144 Å². The molecule has 1 saturated carbocycles. The topological polar surface area (TPSA) is 50.2 Å². The highest BCUT2D eigenvalue weighted by Crippen LogP contribution is 2.43. The smallest absolute Gasteiger partial charge is 0.274 e. The van der Waals surface area contributed by atoms with E-state index in [1.165, 1.54) is 44.9 Å². The van der Waals surface area contributed by atoms with Gasteiger partial charge < -0.3 is 10.2 Å². The average molecular weight is 330 g/mol. The third-order valence-electron chi connectivity index (χ3n) is 6.34. The van der Waals surface area contributed by atoms with E-state index in [4.69, 9.17) is 0 Å². The minimum Gasteiger partial charge on any atom is -0.337 e. The summed E-state index contributed by atoms with van der Waals surface area (Å²) >= 11 is 0. The molecule has 132 valence electrons. The molecular formula is C19H30N4O. The van der Waals surface area contributed by atoms with Crippen molar-refractivity contribution >= 4 is 5.91 Å². The van der Waals surface area contributed by atoms with Crippen LogP contribution in [0.5, 0.6) is 0 Å². The molecule has 2 aliphatic heterocycles. The first-order chi connectivity index (χ1) is 11.8. The lowest BCUT2D eigenvalue weighted by atomic mass is 9.69. The predicted molar refractivity (Wildman–Crippen MR) is 94.0 cm³/mol. The summed E-state index contributed by atoms with van der Waals surface area (Å²) in [6.07, 6.45) is 13.4. The quantitative estimate of drug-likeness (QED) is 0.907. The largest absolute Gasteiger partial charge is 0.337 e. The third kappa shape index (κ3) is 3.23. The molecule has 1 amide bonds. The number of likely N-dealkylation sites (tertiary alicyclic amines) is 1. The lowest BCUT2D eigenvalue weighted by Gasteiger charge is -2.45. The zero-order valence-corrected chi connectivity index (χ0v) is 14.7. The Morgan fingerprint density at radius 1 is 1.17 bits per heavy atom. The summed E-state index contributed by atoms with van der Waals surface area (Å²) in [5, 5.41) is 8.05. The molecule has 1 unspecified atom stereocenters. The normalized spacial score (nSPS) is 27.3. The van der Waals surface area contributed by atoms with Crippen LogP contribution in [0.3, 0.4) is 0 Å². The van der Waals surface area contributed by atoms with Crippen LogP contribution in [-0.2, 0) is 0 Å². The lowest BCUT2D eigenvalue weighted by molar-refractivity contribution is 0.0378. The van der Waals surface area contributed by atoms with E-state index < -0.39 is 0 Å². The molecule has 3 heterocycles. The SMILES string of the molecule is O=C(c1ccn(C2CCCNC2)n1)N1CCCC2(CCCCC2)C1. The molecule has 3 aliphatic rings. The van der Waals surface area contributed by atoms with Gasteiger partial charge in [-0.3, -0.25) is 9.48 Å². The van der Waals surface area contributed by atoms with E-state index in [-0.39, 0.29) is 5.91 Å². The van der Waals surface area contributed by atoms with Crippen LogP contribution in [0.4, 0.5) is 0 Å². The Morgan fingerprint density at radius 2 is 2.00 bits per heavy atom. The maximum absolute atomic E-state index is 13.0. The molecule has 3 fully saturated rings. The van der Waals surface area contributed by atoms with Gasteiger partial charge in [0.15, 0.2) is 0 Å². The van der Waals surface area contributed by atoms with Crippen LogP contribution in [0.25, 0.3) is 0 Å². The summed E-state index contributed by atoms with van der Waals surface area (Å²) in [5.41, 5.74) is 1.04. The molecule has 24 heavy (non-hydrogen) atoms. The summed E-state index contributed by atoms with van der Waals surface area (Å²) in [6.45, 7) is 3.91. The summed E-state index contributed by atoms with van der Waals surface area (Å²) in [6, 6.07) is 2.31. The van der Waals surface area contributed by atoms with Crippen LogP contribution >= 0.6 is 0 Å². The molecule has 0 aromatic carbocycles. The van der Waals surface area contributed by atoms with Crippen molar-refractivity contribution in [3.05, 3.63) is 18.0 Å². The summed E-state index contributed by atoms with van der Waals surface area (Å²) < 4.78 is 2.00. The molecule has 1 spiro atoms. The van der Waals surface area contributed by atoms with E-state index in [2.05, 4.69) is 15.3 Å². The highest BCUT2D eigenvalue weighted by Gasteiger charge is 2.38. The van der Waals surface area contributed by atoms with Crippen molar-refractivity contribution in [2.75, 3.05) is 26.2 Å². The maximum Gasteiger partial charge on any atom is 0.274 e. The summed E-state index contributed by atoms with van der Waals surface area (Å²) in [5.74, 6) is 0.141. The van der Waals surface area contributed by atoms with Crippen LogP contribution in [0, 0.1) is 5.41 Å². The average Bonchev–Trinajstić information content (AvgIpc) is 3.13. The number of carbonyl (C=O) groups is 1. The van der Waals surface area contributed by atoms with Gasteiger partial charge in [0.05, 0.1) is 6.04 Å². The van der Waals surface area contributed by atoms with Crippen LogP contribution in [0.15, 0.2) is 12.3 Å². The monoisotopic (exact) mass is 330 g/mol. The number of carbonyl (C=O) groups excluding carboxylic acids is 1. The first-order valence-corrected chi connectivity index (χ1v) is 9.81. The van der Waals surface area contributed by atoms with Gasteiger partial charge in [0.25, 0.3) is 5.91 Å². The number of nitrogens with one attached hydrogen (secondary N) is 1. The third-order valence-corrected chi connectivity index (χ3v) is 6.34. The second kappa shape index (κ2) is 6.87. The van der Waals surface area contributed by atoms with Gasteiger partial charge in [-0.1, -0.05) is 19.3 Å². The number of hydrogen-bond acceptors (Lipinski definition) is 3. The molecule has 5 nitrogen and oxygen atoms in total. The predicted octanol–water partition coefficient (Wildman–Crippen LogP) is 2.99. The number of aromatic nitrogens is 2. The van der Waals surface area contributed by atoms with E-state index in [0.717, 1.165) is 39.0 Å². The molecule has 2 saturated heterocycles. The summed E-state index contributed by atoms with van der Waals surface area (Å²) in [4.78, 5) is 15.0. The molecular weight excluding hydrogens is 300 g/mol. The van der Waals surface area contributed by atoms with Gasteiger partial charge in [-0.15, -0.1) is 0 Å². The van der Waals surface area contributed by atoms with Crippen LogP contribution in [0.1, 0.15) is 74.3 Å². The molecule has 1 aromatic heterocycles. The van der Waals surface area contributed by atoms with E-state index in [1.54, 1.807) is 0 Å². The van der Waals surface area contributed by atoms with Crippen molar-refractivity contribution in [3.63, 3.8) is 0 Å². The number of piperidine rings is 2. The fraction of sp³-hybridized carbons (Fsp3) is 0.789. The summed E-state index contributed by atoms with van der Waals surface area (Å²) in [7, 11) is 0. The number of hydrogen-bond donors (Lipinski definition) is 1. The number of nitrogens with zero attached hydrogens (tertiary/aromatic N) is 3. The zero-order valence-electron chi connectivity index (χ0n) is 14.7. The van der Waals surface area contributed by atoms with Crippen LogP contribution in [0.2, 0.25) is 0 Å². The Balaban J connectivity index is 1.44. The molecule has 1 atom stereocenters. The zero-order chi connectivity index (χ0) is 16.4. The number of amides is 1. The van der Waals surface area contributed by atoms with Gasteiger partial charge in [-0.2, -0.15) is 5.10 Å². The van der Waals surface area contributed by atoms with E-state index >= 15 is 0 Å². The molecule has 0 radical (unpaired) electrons. The highest BCUT2D eigenvalue weighted by atomic mass is 16.2. The highest BCUT2D eigenvalue weighted by molar-refractivity contribution is 5.92. The van der Waals surface area contributed by atoms with Gasteiger partial charge in [0.1, 0.15) is 5.69 Å². The van der Waals surface area contributed by atoms with Crippen LogP contribution in [-0.4, -0.2) is 46.8 Å². The number of rotatable bonds is 2. The fourth-order valence-electron chi connectivity index (χ4n) is 4.97. The minimum atomic E-state index is 0.141. The van der Waals surface area contributed by atoms with Crippen molar-refractivity contribution in [3.8, 4) is 0 Å². The van der Waals surface area contributed by atoms with E-state index in [0.29, 0.717) is 17.2 Å². The Kier molecular flexibility index (Phi) is 4.61. The maximum atomic E-state index is 13.0.